The molecule has 0 saturated carbocycles. The molecule has 0 aromatic carbocycles. The van der Waals surface area contributed by atoms with E-state index in [1.807, 2.05) is 0 Å². The van der Waals surface area contributed by atoms with Crippen LogP contribution in [-0.4, -0.2) is 43.9 Å². The number of nitrogens with zero attached hydrogens (tertiary/aromatic N) is 2. The summed E-state index contributed by atoms with van der Waals surface area (Å²) in [6, 6.07) is 0. The minimum Gasteiger partial charge on any atom is -0.480 e. The Bertz CT molecular complexity index is 320. The van der Waals surface area contributed by atoms with E-state index in [1.54, 1.807) is 26.6 Å². The standard InChI is InChI=1S/C12H21N3O2/c1-10(9-13-6-7-16-2)8-11-12(17-3)15-5-4-14-11/h4-5,10,13H,6-9H2,1-3H3. The van der Waals surface area contributed by atoms with Crippen molar-refractivity contribution >= 4 is 0 Å². The van der Waals surface area contributed by atoms with Crippen molar-refractivity contribution in [3.05, 3.63) is 18.1 Å². The lowest BCUT2D eigenvalue weighted by atomic mass is 10.1. The Morgan fingerprint density at radius 1 is 1.29 bits per heavy atom. The van der Waals surface area contributed by atoms with Crippen LogP contribution < -0.4 is 10.1 Å². The Morgan fingerprint density at radius 3 is 2.76 bits per heavy atom. The van der Waals surface area contributed by atoms with Gasteiger partial charge in [0.25, 0.3) is 0 Å². The topological polar surface area (TPSA) is 56.3 Å². The molecular weight excluding hydrogens is 218 g/mol. The molecule has 0 bridgehead atoms. The summed E-state index contributed by atoms with van der Waals surface area (Å²) in [5.74, 6) is 1.11. The maximum atomic E-state index is 5.18. The Balaban J connectivity index is 2.36. The summed E-state index contributed by atoms with van der Waals surface area (Å²) in [6.07, 6.45) is 4.20. The van der Waals surface area contributed by atoms with Gasteiger partial charge in [0, 0.05) is 26.0 Å². The highest BCUT2D eigenvalue weighted by atomic mass is 16.5. The average Bonchev–Trinajstić information content (AvgIpc) is 2.35. The van der Waals surface area contributed by atoms with E-state index >= 15 is 0 Å². The van der Waals surface area contributed by atoms with Crippen molar-refractivity contribution in [1.29, 1.82) is 0 Å². The van der Waals surface area contributed by atoms with Crippen LogP contribution in [0.15, 0.2) is 12.4 Å². The summed E-state index contributed by atoms with van der Waals surface area (Å²) < 4.78 is 10.1. The van der Waals surface area contributed by atoms with E-state index in [0.717, 1.165) is 31.8 Å². The summed E-state index contributed by atoms with van der Waals surface area (Å²) >= 11 is 0. The Labute approximate surface area is 103 Å². The van der Waals surface area contributed by atoms with Gasteiger partial charge in [0.05, 0.1) is 13.7 Å². The largest absolute Gasteiger partial charge is 0.480 e. The van der Waals surface area contributed by atoms with E-state index < -0.39 is 0 Å². The quantitative estimate of drug-likeness (QED) is 0.683. The van der Waals surface area contributed by atoms with Gasteiger partial charge >= 0.3 is 0 Å². The van der Waals surface area contributed by atoms with Gasteiger partial charge in [0.1, 0.15) is 5.69 Å². The molecule has 5 nitrogen and oxygen atoms in total. The lowest BCUT2D eigenvalue weighted by Crippen LogP contribution is -2.26. The number of hydrogen-bond donors (Lipinski definition) is 1. The predicted octanol–water partition coefficient (Wildman–Crippen LogP) is 0.900. The predicted molar refractivity (Wildman–Crippen MR) is 66.2 cm³/mol. The molecule has 0 spiro atoms. The molecule has 1 unspecified atom stereocenters. The Hall–Kier alpha value is -1.20. The van der Waals surface area contributed by atoms with E-state index in [-0.39, 0.29) is 0 Å². The van der Waals surface area contributed by atoms with Crippen LogP contribution in [0.4, 0.5) is 0 Å². The van der Waals surface area contributed by atoms with E-state index in [0.29, 0.717) is 11.8 Å². The van der Waals surface area contributed by atoms with Crippen molar-refractivity contribution in [3.63, 3.8) is 0 Å². The summed E-state index contributed by atoms with van der Waals surface area (Å²) in [5, 5.41) is 3.33. The molecule has 0 amide bonds. The molecule has 5 heteroatoms. The number of aromatic nitrogens is 2. The van der Waals surface area contributed by atoms with Gasteiger partial charge in [-0.1, -0.05) is 6.92 Å². The van der Waals surface area contributed by atoms with E-state index in [9.17, 15) is 0 Å². The normalized spacial score (nSPS) is 12.4. The maximum Gasteiger partial charge on any atom is 0.235 e. The number of nitrogens with one attached hydrogen (secondary N) is 1. The van der Waals surface area contributed by atoms with Crippen LogP contribution in [-0.2, 0) is 11.2 Å². The zero-order valence-electron chi connectivity index (χ0n) is 10.8. The number of hydrogen-bond acceptors (Lipinski definition) is 5. The summed E-state index contributed by atoms with van der Waals surface area (Å²) in [4.78, 5) is 8.43. The van der Waals surface area contributed by atoms with Gasteiger partial charge in [-0.2, -0.15) is 0 Å². The van der Waals surface area contributed by atoms with Gasteiger partial charge in [0.2, 0.25) is 5.88 Å². The first-order valence-electron chi connectivity index (χ1n) is 5.81. The van der Waals surface area contributed by atoms with Crippen LogP contribution >= 0.6 is 0 Å². The van der Waals surface area contributed by atoms with Crippen molar-refractivity contribution in [2.24, 2.45) is 5.92 Å². The highest BCUT2D eigenvalue weighted by Crippen LogP contribution is 2.14. The van der Waals surface area contributed by atoms with Gasteiger partial charge < -0.3 is 14.8 Å². The van der Waals surface area contributed by atoms with E-state index in [1.165, 1.54) is 0 Å². The smallest absolute Gasteiger partial charge is 0.235 e. The van der Waals surface area contributed by atoms with Gasteiger partial charge in [0.15, 0.2) is 0 Å². The first kappa shape index (κ1) is 13.9. The molecule has 0 aliphatic heterocycles. The molecule has 96 valence electrons. The fourth-order valence-electron chi connectivity index (χ4n) is 1.59. The van der Waals surface area contributed by atoms with Crippen LogP contribution in [0.5, 0.6) is 5.88 Å². The lowest BCUT2D eigenvalue weighted by Gasteiger charge is -2.13. The van der Waals surface area contributed by atoms with Crippen LogP contribution in [0.25, 0.3) is 0 Å². The van der Waals surface area contributed by atoms with Gasteiger partial charge in [-0.15, -0.1) is 0 Å². The van der Waals surface area contributed by atoms with Gasteiger partial charge in [-0.3, -0.25) is 4.98 Å². The second-order valence-corrected chi connectivity index (χ2v) is 4.02. The molecule has 0 saturated heterocycles. The Morgan fingerprint density at radius 2 is 2.06 bits per heavy atom. The molecule has 1 rings (SSSR count). The van der Waals surface area contributed by atoms with Crippen molar-refractivity contribution in [1.82, 2.24) is 15.3 Å². The molecule has 1 aromatic rings. The number of rotatable bonds is 8. The molecule has 0 fully saturated rings. The van der Waals surface area contributed by atoms with Crippen molar-refractivity contribution < 1.29 is 9.47 Å². The van der Waals surface area contributed by atoms with Crippen LogP contribution in [0.2, 0.25) is 0 Å². The fourth-order valence-corrected chi connectivity index (χ4v) is 1.59. The van der Waals surface area contributed by atoms with Crippen molar-refractivity contribution in [2.45, 2.75) is 13.3 Å². The Kier molecular flexibility index (Phi) is 6.50. The number of ether oxygens (including phenoxy) is 2. The number of methoxy groups -OCH3 is 2. The third kappa shape index (κ3) is 5.10. The molecule has 0 aliphatic rings. The van der Waals surface area contributed by atoms with E-state index in [2.05, 4.69) is 22.2 Å². The third-order valence-corrected chi connectivity index (χ3v) is 2.45. The van der Waals surface area contributed by atoms with Crippen LogP contribution in [0, 0.1) is 5.92 Å². The van der Waals surface area contributed by atoms with Gasteiger partial charge in [-0.25, -0.2) is 4.98 Å². The molecule has 0 aliphatic carbocycles. The highest BCUT2D eigenvalue weighted by Gasteiger charge is 2.10. The van der Waals surface area contributed by atoms with Crippen molar-refractivity contribution in [2.75, 3.05) is 33.9 Å². The zero-order valence-corrected chi connectivity index (χ0v) is 10.8. The van der Waals surface area contributed by atoms with Gasteiger partial charge in [-0.05, 0) is 18.9 Å². The molecule has 1 heterocycles. The van der Waals surface area contributed by atoms with E-state index in [4.69, 9.17) is 9.47 Å². The zero-order chi connectivity index (χ0) is 12.5. The first-order valence-corrected chi connectivity index (χ1v) is 5.81. The summed E-state index contributed by atoms with van der Waals surface area (Å²) in [6.45, 7) is 4.72. The second kappa shape index (κ2) is 7.97. The molecule has 1 aromatic heterocycles. The van der Waals surface area contributed by atoms with Crippen molar-refractivity contribution in [3.8, 4) is 5.88 Å². The van der Waals surface area contributed by atoms with Crippen LogP contribution in [0.3, 0.4) is 0 Å². The molecule has 1 N–H and O–H groups in total. The monoisotopic (exact) mass is 239 g/mol. The second-order valence-electron chi connectivity index (χ2n) is 4.02. The summed E-state index contributed by atoms with van der Waals surface area (Å²) in [7, 11) is 3.32. The molecular formula is C12H21N3O2. The van der Waals surface area contributed by atoms with Crippen LogP contribution in [0.1, 0.15) is 12.6 Å². The minimum absolute atomic E-state index is 0.484. The molecule has 17 heavy (non-hydrogen) atoms. The fraction of sp³-hybridized carbons (Fsp3) is 0.667. The SMILES string of the molecule is COCCNCC(C)Cc1nccnc1OC. The minimum atomic E-state index is 0.484. The average molecular weight is 239 g/mol. The maximum absolute atomic E-state index is 5.18. The highest BCUT2D eigenvalue weighted by molar-refractivity contribution is 5.17. The third-order valence-electron chi connectivity index (χ3n) is 2.45. The summed E-state index contributed by atoms with van der Waals surface area (Å²) in [5.41, 5.74) is 0.913. The molecule has 0 radical (unpaired) electrons. The first-order chi connectivity index (χ1) is 8.27. The lowest BCUT2D eigenvalue weighted by molar-refractivity contribution is 0.198. The molecule has 1 atom stereocenters.